The number of carbonyl (C=O) groups excluding carboxylic acids is 1. The number of hydrogen-bond acceptors (Lipinski definition) is 4. The fourth-order valence-electron chi connectivity index (χ4n) is 2.54. The molecular weight excluding hydrogens is 348 g/mol. The predicted octanol–water partition coefficient (Wildman–Crippen LogP) is 4.33. The zero-order chi connectivity index (χ0) is 18.5. The second kappa shape index (κ2) is 7.97. The summed E-state index contributed by atoms with van der Waals surface area (Å²) in [6.07, 6.45) is 1.59. The van der Waals surface area contributed by atoms with Gasteiger partial charge in [-0.3, -0.25) is 4.79 Å². The largest absolute Gasteiger partial charge is 0.340 e. The van der Waals surface area contributed by atoms with Gasteiger partial charge in [0.05, 0.1) is 0 Å². The van der Waals surface area contributed by atoms with Crippen LogP contribution >= 0.6 is 11.6 Å². The zero-order valence-electron chi connectivity index (χ0n) is 14.6. The fourth-order valence-corrected chi connectivity index (χ4v) is 2.77. The van der Waals surface area contributed by atoms with Gasteiger partial charge in [0.15, 0.2) is 0 Å². The van der Waals surface area contributed by atoms with E-state index >= 15 is 0 Å². The van der Waals surface area contributed by atoms with Crippen LogP contribution in [-0.4, -0.2) is 22.9 Å². The molecule has 0 radical (unpaired) electrons. The third-order valence-corrected chi connectivity index (χ3v) is 4.15. The van der Waals surface area contributed by atoms with Gasteiger partial charge in [-0.05, 0) is 42.3 Å². The lowest BCUT2D eigenvalue weighted by atomic mass is 10.2. The number of anilines is 2. The Hall–Kier alpha value is -2.92. The molecular formula is C20H19ClN4O. The summed E-state index contributed by atoms with van der Waals surface area (Å²) in [5.41, 5.74) is 3.05. The maximum absolute atomic E-state index is 12.5. The molecule has 2 aromatic carbocycles. The van der Waals surface area contributed by atoms with Crippen molar-refractivity contribution >= 4 is 29.1 Å². The molecule has 1 N–H and O–H groups in total. The Morgan fingerprint density at radius 3 is 2.65 bits per heavy atom. The predicted molar refractivity (Wildman–Crippen MR) is 105 cm³/mol. The van der Waals surface area contributed by atoms with Gasteiger partial charge in [0.25, 0.3) is 5.91 Å². The number of benzene rings is 2. The number of aromatic nitrogens is 2. The maximum Gasteiger partial charge on any atom is 0.274 e. The fraction of sp³-hybridized carbons (Fsp3) is 0.150. The molecule has 0 fully saturated rings. The van der Waals surface area contributed by atoms with Crippen molar-refractivity contribution in [2.24, 2.45) is 0 Å². The van der Waals surface area contributed by atoms with E-state index in [0.717, 1.165) is 11.1 Å². The second-order valence-electron chi connectivity index (χ2n) is 6.00. The first-order valence-electron chi connectivity index (χ1n) is 8.18. The number of nitrogens with one attached hydrogen (secondary N) is 1. The Morgan fingerprint density at radius 1 is 1.15 bits per heavy atom. The van der Waals surface area contributed by atoms with E-state index in [4.69, 9.17) is 11.6 Å². The average molecular weight is 367 g/mol. The van der Waals surface area contributed by atoms with E-state index in [2.05, 4.69) is 15.3 Å². The van der Waals surface area contributed by atoms with E-state index in [1.54, 1.807) is 30.5 Å². The molecule has 3 rings (SSSR count). The molecule has 1 aromatic heterocycles. The third-order valence-electron chi connectivity index (χ3n) is 3.92. The molecule has 0 spiro atoms. The highest BCUT2D eigenvalue weighted by atomic mass is 35.5. The first-order chi connectivity index (χ1) is 12.5. The van der Waals surface area contributed by atoms with E-state index in [0.29, 0.717) is 28.9 Å². The van der Waals surface area contributed by atoms with Crippen LogP contribution in [-0.2, 0) is 6.54 Å². The van der Waals surface area contributed by atoms with Crippen molar-refractivity contribution in [2.45, 2.75) is 13.5 Å². The number of halogens is 1. The minimum atomic E-state index is -0.285. The monoisotopic (exact) mass is 366 g/mol. The summed E-state index contributed by atoms with van der Waals surface area (Å²) < 4.78 is 0. The summed E-state index contributed by atoms with van der Waals surface area (Å²) in [7, 11) is 1.90. The van der Waals surface area contributed by atoms with Gasteiger partial charge in [-0.25, -0.2) is 9.97 Å². The molecule has 132 valence electrons. The molecule has 0 unspecified atom stereocenters. The Kier molecular flexibility index (Phi) is 5.49. The molecule has 0 saturated heterocycles. The molecule has 0 atom stereocenters. The zero-order valence-corrected chi connectivity index (χ0v) is 15.4. The van der Waals surface area contributed by atoms with Gasteiger partial charge in [-0.2, -0.15) is 0 Å². The van der Waals surface area contributed by atoms with Gasteiger partial charge >= 0.3 is 0 Å². The lowest BCUT2D eigenvalue weighted by Gasteiger charge is -2.17. The minimum Gasteiger partial charge on any atom is -0.340 e. The van der Waals surface area contributed by atoms with Gasteiger partial charge in [0.2, 0.25) is 5.95 Å². The molecule has 6 heteroatoms. The van der Waals surface area contributed by atoms with E-state index in [1.165, 1.54) is 0 Å². The van der Waals surface area contributed by atoms with Crippen LogP contribution in [0.1, 0.15) is 21.6 Å². The van der Waals surface area contributed by atoms with E-state index < -0.39 is 0 Å². The summed E-state index contributed by atoms with van der Waals surface area (Å²) in [4.78, 5) is 23.1. The number of hydrogen-bond donors (Lipinski definition) is 1. The van der Waals surface area contributed by atoms with E-state index in [1.807, 2.05) is 49.2 Å². The lowest BCUT2D eigenvalue weighted by molar-refractivity contribution is 0.102. The SMILES string of the molecule is Cc1cc(Cl)ccc1NC(=O)c1ccnc(N(C)Cc2ccccc2)n1. The van der Waals surface area contributed by atoms with Crippen LogP contribution in [0.3, 0.4) is 0 Å². The summed E-state index contributed by atoms with van der Waals surface area (Å²) in [6.45, 7) is 2.54. The molecule has 3 aromatic rings. The molecule has 0 saturated carbocycles. The van der Waals surface area contributed by atoms with E-state index in [9.17, 15) is 4.79 Å². The van der Waals surface area contributed by atoms with Gasteiger partial charge in [0.1, 0.15) is 5.69 Å². The molecule has 1 heterocycles. The molecule has 0 aliphatic rings. The Morgan fingerprint density at radius 2 is 1.92 bits per heavy atom. The first kappa shape index (κ1) is 17.9. The van der Waals surface area contributed by atoms with Crippen molar-refractivity contribution in [3.05, 3.63) is 82.6 Å². The average Bonchev–Trinajstić information content (AvgIpc) is 2.65. The van der Waals surface area contributed by atoms with Crippen LogP contribution in [0.5, 0.6) is 0 Å². The Balaban J connectivity index is 1.74. The molecule has 1 amide bonds. The van der Waals surface area contributed by atoms with Crippen LogP contribution in [0.25, 0.3) is 0 Å². The first-order valence-corrected chi connectivity index (χ1v) is 8.56. The molecule has 0 aliphatic heterocycles. The molecule has 26 heavy (non-hydrogen) atoms. The molecule has 0 aliphatic carbocycles. The highest BCUT2D eigenvalue weighted by molar-refractivity contribution is 6.30. The van der Waals surface area contributed by atoms with Crippen molar-refractivity contribution in [3.63, 3.8) is 0 Å². The number of rotatable bonds is 5. The van der Waals surface area contributed by atoms with Crippen LogP contribution in [0.2, 0.25) is 5.02 Å². The van der Waals surface area contributed by atoms with E-state index in [-0.39, 0.29) is 5.91 Å². The quantitative estimate of drug-likeness (QED) is 0.730. The lowest BCUT2D eigenvalue weighted by Crippen LogP contribution is -2.21. The van der Waals surface area contributed by atoms with Crippen molar-refractivity contribution in [3.8, 4) is 0 Å². The Bertz CT molecular complexity index is 915. The maximum atomic E-state index is 12.5. The molecule has 5 nitrogen and oxygen atoms in total. The van der Waals surface area contributed by atoms with Crippen molar-refractivity contribution in [2.75, 3.05) is 17.3 Å². The highest BCUT2D eigenvalue weighted by Crippen LogP contribution is 2.20. The standard InChI is InChI=1S/C20H19ClN4O/c1-14-12-16(21)8-9-17(14)23-19(26)18-10-11-22-20(24-18)25(2)13-15-6-4-3-5-7-15/h3-12H,13H2,1-2H3,(H,23,26). The van der Waals surface area contributed by atoms with Crippen molar-refractivity contribution in [1.29, 1.82) is 0 Å². The highest BCUT2D eigenvalue weighted by Gasteiger charge is 2.13. The van der Waals surface area contributed by atoms with Gasteiger partial charge < -0.3 is 10.2 Å². The van der Waals surface area contributed by atoms with Crippen molar-refractivity contribution < 1.29 is 4.79 Å². The number of nitrogens with zero attached hydrogens (tertiary/aromatic N) is 3. The topological polar surface area (TPSA) is 58.1 Å². The van der Waals surface area contributed by atoms with Crippen LogP contribution in [0.15, 0.2) is 60.8 Å². The van der Waals surface area contributed by atoms with Crippen LogP contribution in [0.4, 0.5) is 11.6 Å². The summed E-state index contributed by atoms with van der Waals surface area (Å²) in [5, 5.41) is 3.49. The summed E-state index contributed by atoms with van der Waals surface area (Å²) >= 11 is 5.95. The smallest absolute Gasteiger partial charge is 0.274 e. The van der Waals surface area contributed by atoms with Crippen molar-refractivity contribution in [1.82, 2.24) is 9.97 Å². The summed E-state index contributed by atoms with van der Waals surface area (Å²) in [5.74, 6) is 0.210. The van der Waals surface area contributed by atoms with Gasteiger partial charge in [-0.1, -0.05) is 41.9 Å². The van der Waals surface area contributed by atoms with Crippen LogP contribution in [0, 0.1) is 6.92 Å². The summed E-state index contributed by atoms with van der Waals surface area (Å²) in [6, 6.07) is 16.9. The number of carbonyl (C=O) groups is 1. The third kappa shape index (κ3) is 4.37. The van der Waals surface area contributed by atoms with Gasteiger partial charge in [-0.15, -0.1) is 0 Å². The number of aryl methyl sites for hydroxylation is 1. The van der Waals surface area contributed by atoms with Crippen LogP contribution < -0.4 is 10.2 Å². The number of amides is 1. The normalized spacial score (nSPS) is 10.4. The van der Waals surface area contributed by atoms with Gasteiger partial charge in [0, 0.05) is 30.5 Å². The Labute approximate surface area is 157 Å². The molecule has 0 bridgehead atoms. The minimum absolute atomic E-state index is 0.285. The second-order valence-corrected chi connectivity index (χ2v) is 6.43.